The van der Waals surface area contributed by atoms with Crippen LogP contribution in [0.4, 0.5) is 11.4 Å². The van der Waals surface area contributed by atoms with Crippen LogP contribution in [0.5, 0.6) is 0 Å². The number of aldehydes is 1. The van der Waals surface area contributed by atoms with Crippen LogP contribution in [0.25, 0.3) is 5.57 Å². The van der Waals surface area contributed by atoms with Gasteiger partial charge in [0.25, 0.3) is 0 Å². The minimum absolute atomic E-state index is 0.409. The van der Waals surface area contributed by atoms with Crippen molar-refractivity contribution in [2.75, 3.05) is 37.8 Å². The molecule has 0 fully saturated rings. The quantitative estimate of drug-likeness (QED) is 0.135. The van der Waals surface area contributed by atoms with E-state index in [9.17, 15) is 9.90 Å². The third-order valence-electron chi connectivity index (χ3n) is 6.58. The number of allylic oxidation sites excluding steroid dienone is 4. The molecule has 6 nitrogen and oxygen atoms in total. The van der Waals surface area contributed by atoms with Crippen LogP contribution in [0, 0.1) is 0 Å². The van der Waals surface area contributed by atoms with Crippen molar-refractivity contribution in [2.24, 2.45) is 0 Å². The van der Waals surface area contributed by atoms with Gasteiger partial charge in [-0.15, -0.1) is 12.6 Å². The molecular weight excluding hydrogens is 468 g/mol. The van der Waals surface area contributed by atoms with Crippen molar-refractivity contribution in [3.8, 4) is 0 Å². The number of thiol groups is 1. The Labute approximate surface area is 220 Å². The number of rotatable bonds is 8. The summed E-state index contributed by atoms with van der Waals surface area (Å²) in [5.41, 5.74) is 4.21. The number of nitrogens with one attached hydrogen (secondary N) is 4. The number of carbonyl (C=O) groups excluding carboxylic acids is 1. The number of carbonyl (C=O) groups is 1. The Morgan fingerprint density at radius 2 is 2.00 bits per heavy atom. The van der Waals surface area contributed by atoms with Crippen LogP contribution in [0.3, 0.4) is 0 Å². The van der Waals surface area contributed by atoms with E-state index in [2.05, 4.69) is 59.0 Å². The lowest BCUT2D eigenvalue weighted by Gasteiger charge is -2.22. The zero-order valence-corrected chi connectivity index (χ0v) is 22.5. The average molecular weight is 507 g/mol. The first kappa shape index (κ1) is 27.7. The minimum Gasteiger partial charge on any atom is -0.388 e. The number of aliphatic hydroxyl groups is 1. The molecule has 0 amide bonds. The third kappa shape index (κ3) is 6.48. The molecule has 0 saturated heterocycles. The normalized spacial score (nSPS) is 20.3. The lowest BCUT2D eigenvalue weighted by Crippen LogP contribution is -2.33. The van der Waals surface area contributed by atoms with Gasteiger partial charge in [-0.25, -0.2) is 0 Å². The first-order valence-corrected chi connectivity index (χ1v) is 12.8. The lowest BCUT2D eigenvalue weighted by atomic mass is 9.90. The van der Waals surface area contributed by atoms with Gasteiger partial charge in [0.15, 0.2) is 6.29 Å². The molecule has 0 spiro atoms. The Bertz CT molecular complexity index is 1150. The molecule has 2 atom stereocenters. The lowest BCUT2D eigenvalue weighted by molar-refractivity contribution is -0.103. The summed E-state index contributed by atoms with van der Waals surface area (Å²) in [5, 5.41) is 23.9. The number of benzene rings is 2. The Hall–Kier alpha value is -2.84. The average Bonchev–Trinajstić information content (AvgIpc) is 3.16. The van der Waals surface area contributed by atoms with E-state index in [0.717, 1.165) is 41.2 Å². The van der Waals surface area contributed by atoms with Gasteiger partial charge in [-0.2, -0.15) is 0 Å². The van der Waals surface area contributed by atoms with Crippen molar-refractivity contribution in [1.29, 1.82) is 0 Å². The van der Waals surface area contributed by atoms with E-state index in [4.69, 9.17) is 0 Å². The monoisotopic (exact) mass is 506 g/mol. The molecule has 2 aromatic rings. The second kappa shape index (κ2) is 12.9. The number of hydrogen-bond donors (Lipinski definition) is 6. The summed E-state index contributed by atoms with van der Waals surface area (Å²) in [5.74, 6) is 0. The minimum atomic E-state index is -1.26. The van der Waals surface area contributed by atoms with Gasteiger partial charge >= 0.3 is 0 Å². The van der Waals surface area contributed by atoms with Crippen molar-refractivity contribution in [1.82, 2.24) is 10.6 Å². The van der Waals surface area contributed by atoms with Crippen LogP contribution >= 0.6 is 12.6 Å². The Balaban J connectivity index is 0.000000236. The highest BCUT2D eigenvalue weighted by molar-refractivity contribution is 7.80. The summed E-state index contributed by atoms with van der Waals surface area (Å²) < 4.78 is 0. The van der Waals surface area contributed by atoms with Crippen LogP contribution in [-0.2, 0) is 10.4 Å². The van der Waals surface area contributed by atoms with Gasteiger partial charge in [-0.1, -0.05) is 42.0 Å². The van der Waals surface area contributed by atoms with E-state index in [1.54, 1.807) is 14.0 Å². The molecule has 5 N–H and O–H groups in total. The number of fused-ring (bicyclic) bond motifs is 1. The van der Waals surface area contributed by atoms with Crippen molar-refractivity contribution >= 4 is 35.9 Å². The van der Waals surface area contributed by atoms with Gasteiger partial charge < -0.3 is 26.4 Å². The Morgan fingerprint density at radius 1 is 1.22 bits per heavy atom. The molecule has 2 unspecified atom stereocenters. The van der Waals surface area contributed by atoms with Crippen LogP contribution in [0.2, 0.25) is 0 Å². The molecule has 7 heteroatoms. The number of anilines is 2. The smallest absolute Gasteiger partial charge is 0.152 e. The van der Waals surface area contributed by atoms with E-state index >= 15 is 0 Å². The molecule has 0 bridgehead atoms. The van der Waals surface area contributed by atoms with Gasteiger partial charge in [-0.05, 0) is 58.0 Å². The molecule has 1 aliphatic heterocycles. The molecule has 1 heterocycles. The maximum absolute atomic E-state index is 11.8. The maximum atomic E-state index is 11.8. The molecule has 192 valence electrons. The number of likely N-dealkylation sites (N-methyl/N-ethyl adjacent to an activating group) is 1. The highest BCUT2D eigenvalue weighted by Crippen LogP contribution is 2.44. The van der Waals surface area contributed by atoms with Crippen LogP contribution < -0.4 is 21.3 Å². The molecular formula is C29H38N4O2S. The number of hydrogen-bond acceptors (Lipinski definition) is 7. The van der Waals surface area contributed by atoms with E-state index in [-0.39, 0.29) is 0 Å². The van der Waals surface area contributed by atoms with E-state index < -0.39 is 5.60 Å². The SMILES string of the molecule is CNCCNC(C)C1=CC=CCC1.CNc1ccc(S)cc1/C(C=O)=C1/Nc2ccccc2C1(C)O. The van der Waals surface area contributed by atoms with Gasteiger partial charge in [0.1, 0.15) is 5.60 Å². The Morgan fingerprint density at radius 3 is 2.64 bits per heavy atom. The van der Waals surface area contributed by atoms with E-state index in [1.807, 2.05) is 49.5 Å². The largest absolute Gasteiger partial charge is 0.388 e. The Kier molecular flexibility index (Phi) is 9.96. The van der Waals surface area contributed by atoms with E-state index in [0.29, 0.717) is 22.9 Å². The summed E-state index contributed by atoms with van der Waals surface area (Å²) in [6.07, 6.45) is 9.81. The topological polar surface area (TPSA) is 85.4 Å². The van der Waals surface area contributed by atoms with Gasteiger partial charge in [0.2, 0.25) is 0 Å². The van der Waals surface area contributed by atoms with Gasteiger partial charge in [0.05, 0.1) is 5.70 Å². The third-order valence-corrected chi connectivity index (χ3v) is 6.85. The van der Waals surface area contributed by atoms with Crippen LogP contribution in [0.15, 0.2) is 76.9 Å². The summed E-state index contributed by atoms with van der Waals surface area (Å²) >= 11 is 4.36. The molecule has 0 radical (unpaired) electrons. The fourth-order valence-corrected chi connectivity index (χ4v) is 4.70. The van der Waals surface area contributed by atoms with Crippen molar-refractivity contribution in [2.45, 2.75) is 43.2 Å². The van der Waals surface area contributed by atoms with Crippen LogP contribution in [-0.4, -0.2) is 44.6 Å². The molecule has 2 aliphatic rings. The molecule has 0 saturated carbocycles. The highest BCUT2D eigenvalue weighted by Gasteiger charge is 2.39. The summed E-state index contributed by atoms with van der Waals surface area (Å²) in [4.78, 5) is 12.6. The molecule has 2 aromatic carbocycles. The number of para-hydroxylation sites is 1. The fourth-order valence-electron chi connectivity index (χ4n) is 4.49. The molecule has 1 aliphatic carbocycles. The maximum Gasteiger partial charge on any atom is 0.152 e. The van der Waals surface area contributed by atoms with Crippen LogP contribution in [0.1, 0.15) is 37.8 Å². The predicted molar refractivity (Wildman–Crippen MR) is 154 cm³/mol. The predicted octanol–water partition coefficient (Wildman–Crippen LogP) is 4.72. The van der Waals surface area contributed by atoms with Crippen molar-refractivity contribution in [3.63, 3.8) is 0 Å². The zero-order chi connectivity index (χ0) is 26.1. The molecule has 36 heavy (non-hydrogen) atoms. The first-order chi connectivity index (χ1) is 17.3. The second-order valence-electron chi connectivity index (χ2n) is 9.12. The fraction of sp³-hybridized carbons (Fsp3) is 0.345. The summed E-state index contributed by atoms with van der Waals surface area (Å²) in [6, 6.07) is 13.5. The first-order valence-electron chi connectivity index (χ1n) is 12.4. The highest BCUT2D eigenvalue weighted by atomic mass is 32.1. The molecule has 4 rings (SSSR count). The van der Waals surface area contributed by atoms with Gasteiger partial charge in [0, 0.05) is 59.1 Å². The standard InChI is InChI=1S/C18H18N2O2S.C11H20N2/c1-18(22)14-5-3-4-6-16(14)20-17(18)13(10-21)12-9-11(23)7-8-15(12)19-2;1-10(13-9-8-12-2)11-6-4-3-5-7-11/h3-10,19-20,22-23H,1-2H3;3-4,6,10,12-13H,5,7-9H2,1-2H3/b17-13+;. The summed E-state index contributed by atoms with van der Waals surface area (Å²) in [6.45, 7) is 6.00. The molecule has 0 aromatic heterocycles. The summed E-state index contributed by atoms with van der Waals surface area (Å²) in [7, 11) is 3.77. The van der Waals surface area contributed by atoms with Crippen molar-refractivity contribution < 1.29 is 9.90 Å². The second-order valence-corrected chi connectivity index (χ2v) is 9.63. The zero-order valence-electron chi connectivity index (χ0n) is 21.6. The van der Waals surface area contributed by atoms with Crippen molar-refractivity contribution in [3.05, 3.63) is 83.1 Å². The van der Waals surface area contributed by atoms with E-state index in [1.165, 1.54) is 18.4 Å². The van der Waals surface area contributed by atoms with Gasteiger partial charge in [-0.3, -0.25) is 4.79 Å².